The van der Waals surface area contributed by atoms with Crippen LogP contribution in [0.2, 0.25) is 0 Å². The van der Waals surface area contributed by atoms with Gasteiger partial charge in [0.15, 0.2) is 0 Å². The number of fused-ring (bicyclic) bond motifs is 1. The van der Waals surface area contributed by atoms with E-state index in [0.29, 0.717) is 31.6 Å². The molecule has 1 aliphatic heterocycles. The van der Waals surface area contributed by atoms with Crippen molar-refractivity contribution in [2.45, 2.75) is 32.4 Å². The van der Waals surface area contributed by atoms with Crippen molar-refractivity contribution in [3.05, 3.63) is 53.1 Å². The van der Waals surface area contributed by atoms with Gasteiger partial charge in [-0.25, -0.2) is 4.39 Å². The van der Waals surface area contributed by atoms with Gasteiger partial charge in [0.2, 0.25) is 5.91 Å². The van der Waals surface area contributed by atoms with Gasteiger partial charge in [0, 0.05) is 13.0 Å². The van der Waals surface area contributed by atoms with Gasteiger partial charge in [0.25, 0.3) is 0 Å². The zero-order valence-electron chi connectivity index (χ0n) is 13.1. The molecule has 0 saturated carbocycles. The number of aromatic nitrogens is 2. The van der Waals surface area contributed by atoms with Crippen LogP contribution >= 0.6 is 0 Å². The summed E-state index contributed by atoms with van der Waals surface area (Å²) in [5, 5.41) is 13.1. The Balaban J connectivity index is 1.63. The summed E-state index contributed by atoms with van der Waals surface area (Å²) in [4.78, 5) is 24.8. The number of carboxylic acids is 1. The van der Waals surface area contributed by atoms with Crippen LogP contribution in [0.25, 0.3) is 0 Å². The van der Waals surface area contributed by atoms with Crippen molar-refractivity contribution in [2.75, 3.05) is 6.54 Å². The molecule has 0 unspecified atom stereocenters. The molecule has 24 heavy (non-hydrogen) atoms. The van der Waals surface area contributed by atoms with Crippen LogP contribution in [0.15, 0.2) is 30.3 Å². The summed E-state index contributed by atoms with van der Waals surface area (Å²) in [6.45, 7) is 1.56. The number of hydrogen-bond acceptors (Lipinski definition) is 3. The van der Waals surface area contributed by atoms with Gasteiger partial charge < -0.3 is 10.0 Å². The Hall–Kier alpha value is -2.70. The van der Waals surface area contributed by atoms with Gasteiger partial charge in [-0.15, -0.1) is 0 Å². The quantitative estimate of drug-likeness (QED) is 0.903. The standard InChI is InChI=1S/C17H18FN3O3/c18-13-3-1-2-12(8-13)9-16(22)20-6-7-21-15(11-20)10-14(19-21)4-5-17(23)24/h1-3,8,10H,4-7,9,11H2,(H,23,24). The molecule has 0 bridgehead atoms. The number of nitrogens with zero attached hydrogens (tertiary/aromatic N) is 3. The minimum absolute atomic E-state index is 0.0403. The molecule has 1 aromatic heterocycles. The Kier molecular flexibility index (Phi) is 4.59. The predicted molar refractivity (Wildman–Crippen MR) is 83.7 cm³/mol. The highest BCUT2D eigenvalue weighted by atomic mass is 19.1. The van der Waals surface area contributed by atoms with Crippen molar-refractivity contribution < 1.29 is 19.1 Å². The molecule has 0 radical (unpaired) electrons. The second-order valence-corrected chi connectivity index (χ2v) is 5.87. The number of aryl methyl sites for hydroxylation is 1. The fraction of sp³-hybridized carbons (Fsp3) is 0.353. The molecule has 6 nitrogen and oxygen atoms in total. The monoisotopic (exact) mass is 331 g/mol. The zero-order chi connectivity index (χ0) is 17.1. The lowest BCUT2D eigenvalue weighted by Gasteiger charge is -2.27. The third kappa shape index (κ3) is 3.79. The van der Waals surface area contributed by atoms with Crippen molar-refractivity contribution in [1.29, 1.82) is 0 Å². The average molecular weight is 331 g/mol. The lowest BCUT2D eigenvalue weighted by molar-refractivity contribution is -0.137. The Morgan fingerprint density at radius 3 is 2.83 bits per heavy atom. The number of benzene rings is 1. The van der Waals surface area contributed by atoms with E-state index in [1.54, 1.807) is 17.0 Å². The number of rotatable bonds is 5. The van der Waals surface area contributed by atoms with Crippen LogP contribution in [0.5, 0.6) is 0 Å². The Labute approximate surface area is 138 Å². The van der Waals surface area contributed by atoms with E-state index >= 15 is 0 Å². The van der Waals surface area contributed by atoms with Gasteiger partial charge in [-0.3, -0.25) is 14.3 Å². The van der Waals surface area contributed by atoms with Crippen LogP contribution < -0.4 is 0 Å². The van der Waals surface area contributed by atoms with Crippen LogP contribution in [0.1, 0.15) is 23.4 Å². The fourth-order valence-corrected chi connectivity index (χ4v) is 2.83. The first-order valence-electron chi connectivity index (χ1n) is 7.81. The average Bonchev–Trinajstić information content (AvgIpc) is 2.95. The molecule has 1 amide bonds. The number of halogens is 1. The molecule has 3 rings (SSSR count). The topological polar surface area (TPSA) is 75.4 Å². The van der Waals surface area contributed by atoms with E-state index in [2.05, 4.69) is 5.10 Å². The minimum atomic E-state index is -0.854. The number of hydrogen-bond donors (Lipinski definition) is 1. The normalized spacial score (nSPS) is 13.6. The van der Waals surface area contributed by atoms with Gasteiger partial charge in [0.05, 0.1) is 37.3 Å². The number of amides is 1. The summed E-state index contributed by atoms with van der Waals surface area (Å²) in [5.41, 5.74) is 2.28. The third-order valence-corrected chi connectivity index (χ3v) is 4.04. The van der Waals surface area contributed by atoms with Gasteiger partial charge in [-0.05, 0) is 23.8 Å². The lowest BCUT2D eigenvalue weighted by atomic mass is 10.1. The maximum Gasteiger partial charge on any atom is 0.303 e. The molecular formula is C17H18FN3O3. The van der Waals surface area contributed by atoms with Gasteiger partial charge in [-0.2, -0.15) is 5.10 Å². The van der Waals surface area contributed by atoms with E-state index < -0.39 is 5.97 Å². The molecule has 2 aromatic rings. The van der Waals surface area contributed by atoms with E-state index in [4.69, 9.17) is 5.11 Å². The van der Waals surface area contributed by atoms with Crippen LogP contribution in [0, 0.1) is 5.82 Å². The van der Waals surface area contributed by atoms with Gasteiger partial charge in [-0.1, -0.05) is 12.1 Å². The molecule has 1 N–H and O–H groups in total. The summed E-state index contributed by atoms with van der Waals surface area (Å²) in [7, 11) is 0. The summed E-state index contributed by atoms with van der Waals surface area (Å²) in [5.74, 6) is -1.26. The van der Waals surface area contributed by atoms with E-state index in [1.165, 1.54) is 12.1 Å². The van der Waals surface area contributed by atoms with Gasteiger partial charge in [0.1, 0.15) is 5.82 Å². The summed E-state index contributed by atoms with van der Waals surface area (Å²) < 4.78 is 15.0. The van der Waals surface area contributed by atoms with Crippen molar-refractivity contribution in [1.82, 2.24) is 14.7 Å². The molecule has 0 fully saturated rings. The summed E-state index contributed by atoms with van der Waals surface area (Å²) in [6.07, 6.45) is 0.586. The maximum atomic E-state index is 13.2. The van der Waals surface area contributed by atoms with E-state index in [0.717, 1.165) is 11.4 Å². The van der Waals surface area contributed by atoms with Crippen LogP contribution in [-0.4, -0.2) is 38.2 Å². The SMILES string of the molecule is O=C(O)CCc1cc2n(n1)CCN(C(=O)Cc1cccc(F)c1)C2. The first-order valence-corrected chi connectivity index (χ1v) is 7.81. The maximum absolute atomic E-state index is 13.2. The second-order valence-electron chi connectivity index (χ2n) is 5.87. The molecule has 2 heterocycles. The smallest absolute Gasteiger partial charge is 0.303 e. The second kappa shape index (κ2) is 6.82. The molecule has 1 aromatic carbocycles. The van der Waals surface area contributed by atoms with E-state index in [9.17, 15) is 14.0 Å². The fourth-order valence-electron chi connectivity index (χ4n) is 2.83. The van der Waals surface area contributed by atoms with E-state index in [1.807, 2.05) is 10.7 Å². The number of carboxylic acid groups (broad SMARTS) is 1. The molecular weight excluding hydrogens is 313 g/mol. The first-order chi connectivity index (χ1) is 11.5. The number of aliphatic carboxylic acids is 1. The molecule has 1 aliphatic rings. The third-order valence-electron chi connectivity index (χ3n) is 4.04. The molecule has 0 spiro atoms. The zero-order valence-corrected chi connectivity index (χ0v) is 13.1. The van der Waals surface area contributed by atoms with Crippen LogP contribution in [-0.2, 0) is 35.5 Å². The van der Waals surface area contributed by atoms with Crippen molar-refractivity contribution in [3.8, 4) is 0 Å². The van der Waals surface area contributed by atoms with Crippen LogP contribution in [0.3, 0.4) is 0 Å². The first kappa shape index (κ1) is 16.2. The Bertz CT molecular complexity index is 772. The largest absolute Gasteiger partial charge is 0.481 e. The number of carbonyl (C=O) groups is 2. The van der Waals surface area contributed by atoms with Crippen molar-refractivity contribution >= 4 is 11.9 Å². The predicted octanol–water partition coefficient (Wildman–Crippen LogP) is 1.62. The summed E-state index contributed by atoms with van der Waals surface area (Å²) in [6, 6.07) is 7.91. The minimum Gasteiger partial charge on any atom is -0.481 e. The van der Waals surface area contributed by atoms with Crippen molar-refractivity contribution in [2.24, 2.45) is 0 Å². The Morgan fingerprint density at radius 2 is 2.08 bits per heavy atom. The number of carbonyl (C=O) groups excluding carboxylic acids is 1. The molecule has 126 valence electrons. The molecule has 0 atom stereocenters. The highest BCUT2D eigenvalue weighted by Crippen LogP contribution is 2.16. The molecule has 0 saturated heterocycles. The van der Waals surface area contributed by atoms with Crippen LogP contribution in [0.4, 0.5) is 4.39 Å². The molecule has 0 aliphatic carbocycles. The highest BCUT2D eigenvalue weighted by Gasteiger charge is 2.22. The molecule has 7 heteroatoms. The van der Waals surface area contributed by atoms with E-state index in [-0.39, 0.29) is 24.6 Å². The summed E-state index contributed by atoms with van der Waals surface area (Å²) >= 11 is 0. The van der Waals surface area contributed by atoms with Crippen molar-refractivity contribution in [3.63, 3.8) is 0 Å². The lowest BCUT2D eigenvalue weighted by Crippen LogP contribution is -2.39. The highest BCUT2D eigenvalue weighted by molar-refractivity contribution is 5.78. The Morgan fingerprint density at radius 1 is 1.25 bits per heavy atom. The van der Waals surface area contributed by atoms with Gasteiger partial charge >= 0.3 is 5.97 Å².